The van der Waals surface area contributed by atoms with Crippen molar-refractivity contribution in [3.05, 3.63) is 97.2 Å². The van der Waals surface area contributed by atoms with Crippen molar-refractivity contribution in [2.45, 2.75) is 154 Å². The average molecular weight is 835 g/mol. The third kappa shape index (κ3) is 30.8. The van der Waals surface area contributed by atoms with Gasteiger partial charge in [0.25, 0.3) is 0 Å². The van der Waals surface area contributed by atoms with E-state index in [4.69, 9.17) is 24.0 Å². The fourth-order valence-electron chi connectivity index (χ4n) is 5.73. The van der Waals surface area contributed by atoms with Crippen LogP contribution in [0.1, 0.15) is 123 Å². The van der Waals surface area contributed by atoms with Crippen LogP contribution < -0.4 is 0 Å². The summed E-state index contributed by atoms with van der Waals surface area (Å²) in [6, 6.07) is 0. The summed E-state index contributed by atoms with van der Waals surface area (Å²) in [5.41, 5.74) is 0. The molecule has 0 radical (unpaired) electrons. The second-order valence-corrected chi connectivity index (χ2v) is 15.3. The van der Waals surface area contributed by atoms with Gasteiger partial charge in [0.1, 0.15) is 6.61 Å². The first-order valence-corrected chi connectivity index (χ1v) is 22.5. The van der Waals surface area contributed by atoms with Gasteiger partial charge in [0.05, 0.1) is 24.9 Å². The molecule has 1 aliphatic rings. The van der Waals surface area contributed by atoms with Crippen LogP contribution >= 0.6 is 7.82 Å². The Labute approximate surface area is 347 Å². The maximum Gasteiger partial charge on any atom is 0.469 e. The molecule has 13 heteroatoms. The number of unbranched alkanes of at least 4 members (excludes halogenated alkanes) is 3. The van der Waals surface area contributed by atoms with Crippen molar-refractivity contribution in [2.75, 3.05) is 13.2 Å². The van der Waals surface area contributed by atoms with Crippen LogP contribution in [0.25, 0.3) is 0 Å². The van der Waals surface area contributed by atoms with E-state index >= 15 is 0 Å². The molecule has 0 aliphatic carbocycles. The molecule has 0 bridgehead atoms. The van der Waals surface area contributed by atoms with Crippen molar-refractivity contribution >= 4 is 19.8 Å². The van der Waals surface area contributed by atoms with E-state index in [0.29, 0.717) is 32.1 Å². The summed E-state index contributed by atoms with van der Waals surface area (Å²) in [6.07, 6.45) is 39.0. The molecule has 0 aromatic rings. The quantitative estimate of drug-likeness (QED) is 0.0188. The van der Waals surface area contributed by atoms with Gasteiger partial charge in [0, 0.05) is 25.2 Å². The van der Waals surface area contributed by atoms with Crippen molar-refractivity contribution in [2.24, 2.45) is 5.92 Å². The minimum absolute atomic E-state index is 0.00395. The first kappa shape index (κ1) is 52.8. The van der Waals surface area contributed by atoms with E-state index in [2.05, 4.69) is 73.1 Å². The van der Waals surface area contributed by atoms with E-state index in [1.54, 1.807) is 12.2 Å². The molecule has 1 saturated heterocycles. The molecular formula is C45H71O12P. The van der Waals surface area contributed by atoms with Gasteiger partial charge in [-0.1, -0.05) is 130 Å². The van der Waals surface area contributed by atoms with Crippen LogP contribution in [-0.4, -0.2) is 81.0 Å². The predicted octanol–water partition coefficient (Wildman–Crippen LogP) is 8.73. The maximum atomic E-state index is 12.5. The summed E-state index contributed by atoms with van der Waals surface area (Å²) < 4.78 is 31.9. The third-order valence-electron chi connectivity index (χ3n) is 8.90. The number of hydrogen-bond acceptors (Lipinski definition) is 10. The highest BCUT2D eigenvalue weighted by Gasteiger charge is 2.35. The molecule has 58 heavy (non-hydrogen) atoms. The Morgan fingerprint density at radius 1 is 0.741 bits per heavy atom. The predicted molar refractivity (Wildman–Crippen MR) is 228 cm³/mol. The van der Waals surface area contributed by atoms with Gasteiger partial charge in [-0.05, 0) is 70.6 Å². The molecule has 1 unspecified atom stereocenters. The lowest BCUT2D eigenvalue weighted by molar-refractivity contribution is -0.199. The van der Waals surface area contributed by atoms with Crippen molar-refractivity contribution in [3.8, 4) is 0 Å². The Morgan fingerprint density at radius 3 is 1.91 bits per heavy atom. The highest BCUT2D eigenvalue weighted by Crippen LogP contribution is 2.36. The number of carbonyl (C=O) groups is 2. The molecule has 1 fully saturated rings. The van der Waals surface area contributed by atoms with E-state index in [1.165, 1.54) is 0 Å². The smallest absolute Gasteiger partial charge is 0.462 e. The lowest BCUT2D eigenvalue weighted by Crippen LogP contribution is -2.43. The zero-order valence-electron chi connectivity index (χ0n) is 34.7. The molecule has 0 aromatic carbocycles. The van der Waals surface area contributed by atoms with E-state index in [1.807, 2.05) is 30.4 Å². The zero-order valence-corrected chi connectivity index (χ0v) is 35.6. The van der Waals surface area contributed by atoms with Gasteiger partial charge in [-0.15, -0.1) is 0 Å². The van der Waals surface area contributed by atoms with Crippen LogP contribution in [0.15, 0.2) is 97.2 Å². The summed E-state index contributed by atoms with van der Waals surface area (Å²) in [4.78, 5) is 43.1. The van der Waals surface area contributed by atoms with E-state index < -0.39 is 63.7 Å². The van der Waals surface area contributed by atoms with Gasteiger partial charge in [-0.3, -0.25) is 14.1 Å². The molecule has 1 rings (SSSR count). The van der Waals surface area contributed by atoms with Crippen molar-refractivity contribution in [3.63, 3.8) is 0 Å². The zero-order chi connectivity index (χ0) is 42.7. The largest absolute Gasteiger partial charge is 0.469 e. The number of rotatable bonds is 32. The number of aliphatic hydroxyl groups is 3. The molecule has 0 saturated carbocycles. The molecule has 5 N–H and O–H groups in total. The normalized spacial score (nSPS) is 20.7. The van der Waals surface area contributed by atoms with Gasteiger partial charge >= 0.3 is 19.8 Å². The summed E-state index contributed by atoms with van der Waals surface area (Å²) in [5.74, 6) is -1.52. The summed E-state index contributed by atoms with van der Waals surface area (Å²) in [6.45, 7) is 3.15. The van der Waals surface area contributed by atoms with Crippen LogP contribution in [0.2, 0.25) is 0 Å². The Hall–Kier alpha value is -3.19. The molecule has 0 spiro atoms. The molecule has 12 nitrogen and oxygen atoms in total. The standard InChI is InChI=1S/C45H71O12P/c1-3-5-7-8-9-10-11-12-13-14-15-16-17-18-19-20-21-22-27-31-43(48)54-36-39(37-55-58(51,52)53)56-44(49)32-28-24-23-26-30-40-41(47)35-45(50)57-42(40)34-33-38(46)29-25-6-4-2/h5,7,9-10,12-13,15-16,18-19,21-23,26,33-34,38-42,45-47,50H,3-4,6,8,11,14,17,20,24-25,27-32,35-37H2,1-2H3,(H2,51,52,53)/b7-5-,10-9-,13-12-,16-15-,19-18-,22-21-,26-23-,34-33+/t38-,39+,40-,41-,42+,45?/m0/s1. The van der Waals surface area contributed by atoms with Crippen molar-refractivity contribution < 1.29 is 58.0 Å². The summed E-state index contributed by atoms with van der Waals surface area (Å²) >= 11 is 0. The number of carbonyl (C=O) groups excluding carboxylic acids is 2. The van der Waals surface area contributed by atoms with Gasteiger partial charge in [0.2, 0.25) is 0 Å². The number of phosphoric acid groups is 1. The second-order valence-electron chi connectivity index (χ2n) is 14.1. The van der Waals surface area contributed by atoms with Crippen molar-refractivity contribution in [1.82, 2.24) is 0 Å². The number of hydrogen-bond donors (Lipinski definition) is 5. The molecule has 0 amide bonds. The Balaban J connectivity index is 2.39. The minimum Gasteiger partial charge on any atom is -0.462 e. The minimum atomic E-state index is -4.86. The number of aliphatic hydroxyl groups excluding tert-OH is 3. The Kier molecular flexibility index (Phi) is 31.6. The SMILES string of the molecule is CC/C=C\C/C=C\C/C=C\C/C=C\C/C=C\C/C=C\CCC(=O)OC[C@H](COP(=O)(O)O)OC(=O)CCC/C=C\C[C@H]1[C@@H](O)CC(O)O[C@@H]1/C=C/[C@@H](O)CCCCC. The summed E-state index contributed by atoms with van der Waals surface area (Å²) in [7, 11) is -4.86. The number of phosphoric ester groups is 1. The molecule has 1 aliphatic heterocycles. The van der Waals surface area contributed by atoms with Gasteiger partial charge in [0.15, 0.2) is 12.4 Å². The highest BCUT2D eigenvalue weighted by molar-refractivity contribution is 7.46. The number of esters is 2. The Morgan fingerprint density at radius 2 is 1.33 bits per heavy atom. The van der Waals surface area contributed by atoms with E-state index in [-0.39, 0.29) is 25.2 Å². The van der Waals surface area contributed by atoms with Crippen LogP contribution in [0.3, 0.4) is 0 Å². The lowest BCUT2D eigenvalue weighted by Gasteiger charge is -2.36. The first-order valence-electron chi connectivity index (χ1n) is 20.9. The topological polar surface area (TPSA) is 189 Å². The maximum absolute atomic E-state index is 12.5. The average Bonchev–Trinajstić information content (AvgIpc) is 3.17. The fourth-order valence-corrected chi connectivity index (χ4v) is 6.09. The monoisotopic (exact) mass is 834 g/mol. The Bertz CT molecular complexity index is 1380. The highest BCUT2D eigenvalue weighted by atomic mass is 31.2. The third-order valence-corrected chi connectivity index (χ3v) is 9.38. The van der Waals surface area contributed by atoms with Gasteiger partial charge in [-0.2, -0.15) is 0 Å². The van der Waals surface area contributed by atoms with E-state index in [0.717, 1.165) is 57.8 Å². The van der Waals surface area contributed by atoms with Gasteiger partial charge in [-0.25, -0.2) is 4.57 Å². The molecular weight excluding hydrogens is 763 g/mol. The molecule has 1 heterocycles. The fraction of sp³-hybridized carbons (Fsp3) is 0.600. The second kappa shape index (κ2) is 34.7. The molecule has 0 aromatic heterocycles. The van der Waals surface area contributed by atoms with Crippen LogP contribution in [0, 0.1) is 5.92 Å². The number of ether oxygens (including phenoxy) is 3. The molecule has 328 valence electrons. The van der Waals surface area contributed by atoms with Crippen LogP contribution in [0.5, 0.6) is 0 Å². The van der Waals surface area contributed by atoms with Crippen molar-refractivity contribution in [1.29, 1.82) is 0 Å². The lowest BCUT2D eigenvalue weighted by atomic mass is 9.87. The van der Waals surface area contributed by atoms with Crippen LogP contribution in [-0.2, 0) is 32.9 Å². The molecule has 6 atom stereocenters. The van der Waals surface area contributed by atoms with Gasteiger partial charge < -0.3 is 39.3 Å². The van der Waals surface area contributed by atoms with E-state index in [9.17, 15) is 29.5 Å². The number of allylic oxidation sites excluding steroid dienone is 14. The first-order chi connectivity index (χ1) is 27.9. The summed E-state index contributed by atoms with van der Waals surface area (Å²) in [5, 5.41) is 30.8. The van der Waals surface area contributed by atoms with Crippen LogP contribution in [0.4, 0.5) is 0 Å².